The Bertz CT molecular complexity index is 1200. The number of urea groups is 3. The molecule has 39 heavy (non-hydrogen) atoms. The Balaban J connectivity index is 1.41. The average molecular weight is 523 g/mol. The molecule has 0 bridgehead atoms. The lowest BCUT2D eigenvalue weighted by molar-refractivity contribution is 0.251. The smallest absolute Gasteiger partial charge is 0.319 e. The van der Waals surface area contributed by atoms with E-state index in [1.54, 1.807) is 18.2 Å². The summed E-state index contributed by atoms with van der Waals surface area (Å²) in [6, 6.07) is 32.1. The molecular weight excluding hydrogens is 492 g/mol. The zero-order chi connectivity index (χ0) is 27.3. The van der Waals surface area contributed by atoms with E-state index in [4.69, 9.17) is 0 Å². The Morgan fingerprint density at radius 3 is 0.923 bits per heavy atom. The van der Waals surface area contributed by atoms with Crippen LogP contribution in [0.25, 0.3) is 0 Å². The molecular formula is C30H30N6O3. The average Bonchev–Trinajstić information content (AvgIpc) is 2.95. The highest BCUT2D eigenvalue weighted by Crippen LogP contribution is 2.23. The van der Waals surface area contributed by atoms with Gasteiger partial charge >= 0.3 is 18.1 Å². The van der Waals surface area contributed by atoms with Crippen LogP contribution in [-0.2, 0) is 19.6 Å². The molecule has 0 atom stereocenters. The lowest BCUT2D eigenvalue weighted by Gasteiger charge is -2.14. The second-order valence-electron chi connectivity index (χ2n) is 8.68. The van der Waals surface area contributed by atoms with Gasteiger partial charge in [0.2, 0.25) is 0 Å². The zero-order valence-electron chi connectivity index (χ0n) is 21.2. The summed E-state index contributed by atoms with van der Waals surface area (Å²) >= 11 is 0. The summed E-state index contributed by atoms with van der Waals surface area (Å²) < 4.78 is 0. The van der Waals surface area contributed by atoms with Gasteiger partial charge in [-0.15, -0.1) is 0 Å². The highest BCUT2D eigenvalue weighted by Gasteiger charge is 2.10. The largest absolute Gasteiger partial charge is 0.334 e. The summed E-state index contributed by atoms with van der Waals surface area (Å²) in [5.41, 5.74) is 4.03. The third-order valence-corrected chi connectivity index (χ3v) is 5.59. The molecule has 0 radical (unpaired) electrons. The number of hydrogen-bond donors (Lipinski definition) is 6. The molecule has 0 fully saturated rings. The second-order valence-corrected chi connectivity index (χ2v) is 8.68. The molecule has 0 spiro atoms. The van der Waals surface area contributed by atoms with Gasteiger partial charge in [-0.25, -0.2) is 14.4 Å². The lowest BCUT2D eigenvalue weighted by Crippen LogP contribution is -2.30. The molecule has 0 saturated heterocycles. The fraction of sp³-hybridized carbons (Fsp3) is 0.100. The van der Waals surface area contributed by atoms with Gasteiger partial charge in [0.05, 0.1) is 0 Å². The molecule has 6 N–H and O–H groups in total. The van der Waals surface area contributed by atoms with Crippen LogP contribution in [0.2, 0.25) is 0 Å². The molecule has 0 saturated carbocycles. The van der Waals surface area contributed by atoms with E-state index in [9.17, 15) is 14.4 Å². The molecule has 6 amide bonds. The lowest BCUT2D eigenvalue weighted by atomic mass is 10.2. The van der Waals surface area contributed by atoms with Gasteiger partial charge in [0.1, 0.15) is 0 Å². The third kappa shape index (κ3) is 9.25. The van der Waals surface area contributed by atoms with Crippen molar-refractivity contribution in [3.8, 4) is 0 Å². The monoisotopic (exact) mass is 522 g/mol. The SMILES string of the molecule is O=C(NCc1ccccc1)Nc1cc(NC(=O)NCc2ccccc2)cc(NC(=O)NCc2ccccc2)c1. The van der Waals surface area contributed by atoms with E-state index in [2.05, 4.69) is 31.9 Å². The van der Waals surface area contributed by atoms with Crippen LogP contribution in [0.5, 0.6) is 0 Å². The van der Waals surface area contributed by atoms with Crippen molar-refractivity contribution in [2.75, 3.05) is 16.0 Å². The number of nitrogens with one attached hydrogen (secondary N) is 6. The van der Waals surface area contributed by atoms with E-state index in [1.807, 2.05) is 91.0 Å². The van der Waals surface area contributed by atoms with Crippen molar-refractivity contribution in [2.45, 2.75) is 19.6 Å². The van der Waals surface area contributed by atoms with Gasteiger partial charge in [0.15, 0.2) is 0 Å². The highest BCUT2D eigenvalue weighted by atomic mass is 16.2. The summed E-state index contributed by atoms with van der Waals surface area (Å²) in [6.45, 7) is 1.04. The van der Waals surface area contributed by atoms with Crippen LogP contribution in [-0.4, -0.2) is 18.1 Å². The van der Waals surface area contributed by atoms with Gasteiger partial charge in [-0.3, -0.25) is 0 Å². The molecule has 0 unspecified atom stereocenters. The van der Waals surface area contributed by atoms with Crippen molar-refractivity contribution in [3.05, 3.63) is 126 Å². The molecule has 0 aliphatic heterocycles. The molecule has 198 valence electrons. The molecule has 0 aromatic heterocycles. The minimum Gasteiger partial charge on any atom is -0.334 e. The quantitative estimate of drug-likeness (QED) is 0.170. The van der Waals surface area contributed by atoms with Crippen LogP contribution in [0.4, 0.5) is 31.4 Å². The zero-order valence-corrected chi connectivity index (χ0v) is 21.2. The predicted octanol–water partition coefficient (Wildman–Crippen LogP) is 5.65. The molecule has 4 aromatic rings. The fourth-order valence-electron chi connectivity index (χ4n) is 3.70. The van der Waals surface area contributed by atoms with Crippen LogP contribution < -0.4 is 31.9 Å². The first-order valence-electron chi connectivity index (χ1n) is 12.4. The number of carbonyl (C=O) groups excluding carboxylic acids is 3. The second kappa shape index (κ2) is 13.8. The van der Waals surface area contributed by atoms with Crippen molar-refractivity contribution >= 4 is 35.2 Å². The maximum absolute atomic E-state index is 12.5. The fourth-order valence-corrected chi connectivity index (χ4v) is 3.70. The van der Waals surface area contributed by atoms with E-state index < -0.39 is 18.1 Å². The molecule has 0 heterocycles. The Hall–Kier alpha value is -5.31. The van der Waals surface area contributed by atoms with Gasteiger partial charge in [-0.05, 0) is 34.9 Å². The van der Waals surface area contributed by atoms with E-state index in [-0.39, 0.29) is 0 Å². The van der Waals surface area contributed by atoms with E-state index in [1.165, 1.54) is 0 Å². The molecule has 4 aromatic carbocycles. The van der Waals surface area contributed by atoms with Gasteiger partial charge < -0.3 is 31.9 Å². The highest BCUT2D eigenvalue weighted by molar-refractivity contribution is 5.96. The minimum atomic E-state index is -0.427. The first-order chi connectivity index (χ1) is 19.0. The van der Waals surface area contributed by atoms with Crippen LogP contribution in [0.3, 0.4) is 0 Å². The van der Waals surface area contributed by atoms with Crippen LogP contribution in [0.15, 0.2) is 109 Å². The van der Waals surface area contributed by atoms with Crippen LogP contribution in [0, 0.1) is 0 Å². The van der Waals surface area contributed by atoms with Gasteiger partial charge in [0.25, 0.3) is 0 Å². The van der Waals surface area contributed by atoms with Crippen molar-refractivity contribution in [3.63, 3.8) is 0 Å². The van der Waals surface area contributed by atoms with E-state index in [0.717, 1.165) is 16.7 Å². The summed E-state index contributed by atoms with van der Waals surface area (Å²) in [6.07, 6.45) is 0. The first kappa shape index (κ1) is 26.7. The van der Waals surface area contributed by atoms with Crippen molar-refractivity contribution < 1.29 is 14.4 Å². The van der Waals surface area contributed by atoms with Crippen molar-refractivity contribution in [1.29, 1.82) is 0 Å². The van der Waals surface area contributed by atoms with Crippen LogP contribution >= 0.6 is 0 Å². The minimum absolute atomic E-state index is 0.347. The van der Waals surface area contributed by atoms with E-state index in [0.29, 0.717) is 36.7 Å². The first-order valence-corrected chi connectivity index (χ1v) is 12.4. The van der Waals surface area contributed by atoms with Crippen LogP contribution in [0.1, 0.15) is 16.7 Å². The number of benzene rings is 4. The topological polar surface area (TPSA) is 123 Å². The Morgan fingerprint density at radius 2 is 0.667 bits per heavy atom. The maximum Gasteiger partial charge on any atom is 0.319 e. The standard InChI is InChI=1S/C30H30N6O3/c37-28(31-19-22-10-4-1-5-11-22)34-25-16-26(35-29(38)32-20-23-12-6-2-7-13-23)18-27(17-25)36-30(39)33-21-24-14-8-3-9-15-24/h1-18H,19-21H2,(H2,31,34,37)(H2,32,35,38)(H2,33,36,39). The number of carbonyl (C=O) groups is 3. The molecule has 9 nitrogen and oxygen atoms in total. The third-order valence-electron chi connectivity index (χ3n) is 5.59. The molecule has 0 aliphatic carbocycles. The summed E-state index contributed by atoms with van der Waals surface area (Å²) in [5, 5.41) is 16.7. The number of amides is 6. The summed E-state index contributed by atoms with van der Waals surface area (Å²) in [4.78, 5) is 37.6. The van der Waals surface area contributed by atoms with Gasteiger partial charge in [-0.2, -0.15) is 0 Å². The predicted molar refractivity (Wildman–Crippen MR) is 153 cm³/mol. The van der Waals surface area contributed by atoms with Gasteiger partial charge in [-0.1, -0.05) is 91.0 Å². The Labute approximate surface area is 227 Å². The molecule has 9 heteroatoms. The molecule has 0 aliphatic rings. The number of hydrogen-bond acceptors (Lipinski definition) is 3. The normalized spacial score (nSPS) is 10.2. The van der Waals surface area contributed by atoms with Crippen molar-refractivity contribution in [1.82, 2.24) is 16.0 Å². The number of anilines is 3. The number of rotatable bonds is 9. The Kier molecular flexibility index (Phi) is 9.50. The van der Waals surface area contributed by atoms with E-state index >= 15 is 0 Å². The maximum atomic E-state index is 12.5. The molecule has 4 rings (SSSR count). The van der Waals surface area contributed by atoms with Crippen molar-refractivity contribution in [2.24, 2.45) is 0 Å². The Morgan fingerprint density at radius 1 is 0.410 bits per heavy atom. The summed E-state index contributed by atoms with van der Waals surface area (Å²) in [5.74, 6) is 0. The van der Waals surface area contributed by atoms with Gasteiger partial charge in [0, 0.05) is 36.7 Å². The summed E-state index contributed by atoms with van der Waals surface area (Å²) in [7, 11) is 0.